The average molecular weight is 967 g/mol. The van der Waals surface area contributed by atoms with Crippen molar-refractivity contribution >= 4 is 70.8 Å². The van der Waals surface area contributed by atoms with Crippen molar-refractivity contribution in [3.05, 3.63) is 115 Å². The number of hydrogen-bond donors (Lipinski definition) is 0. The first kappa shape index (κ1) is 52.5. The Morgan fingerprint density at radius 3 is 0.829 bits per heavy atom. The number of rotatable bonds is 16. The third kappa shape index (κ3) is 9.65. The third-order valence-electron chi connectivity index (χ3n) is 10.7. The maximum atomic E-state index is 13.6. The molecule has 4 amide bonds. The second-order valence-electron chi connectivity index (χ2n) is 14.6. The lowest BCUT2D eigenvalue weighted by Gasteiger charge is -2.17. The standard InChI is InChI=1S/2C25H25NO9/c2*1-6-33-23(29)17-13(4)16-18(20(25(31)35-8-3)19(17)24(30)34-7-2)22(28)26(21(16)27)14-9-11-15(32-5)12-10-14/h2*9-12H,6-8H2,1-5H3. The molecule has 0 saturated carbocycles. The predicted molar refractivity (Wildman–Crippen MR) is 246 cm³/mol. The lowest BCUT2D eigenvalue weighted by Crippen LogP contribution is -2.30. The molecule has 0 aromatic heterocycles. The number of ether oxygens (including phenoxy) is 8. The Bertz CT molecular complexity index is 2620. The highest BCUT2D eigenvalue weighted by Crippen LogP contribution is 2.40. The van der Waals surface area contributed by atoms with Gasteiger partial charge in [-0.3, -0.25) is 19.2 Å². The molecule has 70 heavy (non-hydrogen) atoms. The largest absolute Gasteiger partial charge is 0.497 e. The molecule has 0 aliphatic carbocycles. The Morgan fingerprint density at radius 2 is 0.586 bits per heavy atom. The number of benzene rings is 4. The molecule has 2 aliphatic rings. The van der Waals surface area contributed by atoms with Gasteiger partial charge in [-0.1, -0.05) is 0 Å². The van der Waals surface area contributed by atoms with Crippen molar-refractivity contribution in [2.75, 3.05) is 63.7 Å². The maximum absolute atomic E-state index is 13.6. The van der Waals surface area contributed by atoms with Crippen LogP contribution in [0, 0.1) is 13.8 Å². The van der Waals surface area contributed by atoms with Crippen molar-refractivity contribution in [3.8, 4) is 11.5 Å². The van der Waals surface area contributed by atoms with Crippen LogP contribution < -0.4 is 19.3 Å². The number of methoxy groups -OCH3 is 2. The Balaban J connectivity index is 0.000000261. The number of carbonyl (C=O) groups excluding carboxylic acids is 10. The highest BCUT2D eigenvalue weighted by Gasteiger charge is 2.48. The first-order chi connectivity index (χ1) is 33.5. The second kappa shape index (κ2) is 22.6. The molecule has 368 valence electrons. The van der Waals surface area contributed by atoms with Crippen LogP contribution in [0.25, 0.3) is 0 Å². The van der Waals surface area contributed by atoms with Gasteiger partial charge in [0.1, 0.15) is 11.5 Å². The Hall–Kier alpha value is -8.42. The fourth-order valence-electron chi connectivity index (χ4n) is 7.82. The molecular formula is C50H50N2O18. The first-order valence-corrected chi connectivity index (χ1v) is 21.9. The van der Waals surface area contributed by atoms with Gasteiger partial charge in [0.05, 0.1) is 121 Å². The molecule has 2 heterocycles. The van der Waals surface area contributed by atoms with Gasteiger partial charge in [-0.2, -0.15) is 0 Å². The van der Waals surface area contributed by atoms with E-state index in [-0.39, 0.29) is 95.5 Å². The van der Waals surface area contributed by atoms with Gasteiger partial charge in [-0.15, -0.1) is 0 Å². The predicted octanol–water partition coefficient (Wildman–Crippen LogP) is 6.67. The zero-order valence-corrected chi connectivity index (χ0v) is 40.1. The summed E-state index contributed by atoms with van der Waals surface area (Å²) in [5.74, 6) is -8.23. The summed E-state index contributed by atoms with van der Waals surface area (Å²) in [7, 11) is 2.94. The summed E-state index contributed by atoms with van der Waals surface area (Å²) < 4.78 is 40.9. The molecule has 2 aliphatic heterocycles. The molecule has 4 aromatic rings. The molecule has 20 nitrogen and oxygen atoms in total. The molecule has 0 fully saturated rings. The number of esters is 6. The normalized spacial score (nSPS) is 12.3. The summed E-state index contributed by atoms with van der Waals surface area (Å²) in [5.41, 5.74) is -3.22. The quantitative estimate of drug-likeness (QED) is 0.0646. The van der Waals surface area contributed by atoms with Gasteiger partial charge in [-0.25, -0.2) is 38.6 Å². The number of anilines is 2. The molecule has 0 radical (unpaired) electrons. The summed E-state index contributed by atoms with van der Waals surface area (Å²) in [5, 5.41) is 0. The summed E-state index contributed by atoms with van der Waals surface area (Å²) in [6, 6.07) is 12.2. The van der Waals surface area contributed by atoms with Crippen LogP contribution in [0.4, 0.5) is 11.4 Å². The molecule has 0 atom stereocenters. The van der Waals surface area contributed by atoms with E-state index in [1.54, 1.807) is 65.8 Å². The molecule has 0 saturated heterocycles. The van der Waals surface area contributed by atoms with Gasteiger partial charge in [0.2, 0.25) is 0 Å². The minimum Gasteiger partial charge on any atom is -0.497 e. The Morgan fingerprint density at radius 1 is 0.357 bits per heavy atom. The van der Waals surface area contributed by atoms with E-state index in [9.17, 15) is 47.9 Å². The van der Waals surface area contributed by atoms with Crippen LogP contribution in [0.15, 0.2) is 48.5 Å². The molecule has 4 aromatic carbocycles. The average Bonchev–Trinajstić information content (AvgIpc) is 3.75. The highest BCUT2D eigenvalue weighted by atomic mass is 16.6. The minimum atomic E-state index is -1.05. The van der Waals surface area contributed by atoms with Crippen LogP contribution in [0.2, 0.25) is 0 Å². The summed E-state index contributed by atoms with van der Waals surface area (Å²) in [6.45, 7) is 11.8. The van der Waals surface area contributed by atoms with Gasteiger partial charge < -0.3 is 37.9 Å². The van der Waals surface area contributed by atoms with Crippen LogP contribution in [0.1, 0.15) is 156 Å². The zero-order chi connectivity index (χ0) is 51.7. The first-order valence-electron chi connectivity index (χ1n) is 21.9. The number of imide groups is 2. The minimum absolute atomic E-state index is 0.0175. The number of nitrogens with zero attached hydrogens (tertiary/aromatic N) is 2. The number of fused-ring (bicyclic) bond motifs is 2. The van der Waals surface area contributed by atoms with Crippen molar-refractivity contribution in [2.24, 2.45) is 0 Å². The second-order valence-corrected chi connectivity index (χ2v) is 14.6. The molecule has 0 N–H and O–H groups in total. The van der Waals surface area contributed by atoms with E-state index in [2.05, 4.69) is 0 Å². The van der Waals surface area contributed by atoms with Crippen LogP contribution in [-0.4, -0.2) is 113 Å². The van der Waals surface area contributed by atoms with E-state index < -0.39 is 81.7 Å². The number of carbonyl (C=O) groups is 10. The van der Waals surface area contributed by atoms with E-state index in [0.29, 0.717) is 11.5 Å². The van der Waals surface area contributed by atoms with Crippen molar-refractivity contribution in [2.45, 2.75) is 55.4 Å². The topological polar surface area (TPSA) is 251 Å². The molecule has 0 spiro atoms. The number of hydrogen-bond acceptors (Lipinski definition) is 18. The van der Waals surface area contributed by atoms with Crippen LogP contribution in [0.3, 0.4) is 0 Å². The van der Waals surface area contributed by atoms with Gasteiger partial charge in [0.15, 0.2) is 0 Å². The van der Waals surface area contributed by atoms with Crippen LogP contribution >= 0.6 is 0 Å². The van der Waals surface area contributed by atoms with Gasteiger partial charge in [0, 0.05) is 0 Å². The fourth-order valence-corrected chi connectivity index (χ4v) is 7.82. The van der Waals surface area contributed by atoms with Gasteiger partial charge >= 0.3 is 35.8 Å². The number of amides is 4. The SMILES string of the molecule is CCOC(=O)c1c(C)c2c(c(C(=O)OCC)c1C(=O)OCC)C(=O)N(c1ccc(OC)cc1)C2=O.CCOC(=O)c1c(C)c2c(c(C(=O)OCC)c1C(=O)OCC)C(=O)N(c1ccc(OC)cc1)C2=O. The van der Waals surface area contributed by atoms with E-state index in [0.717, 1.165) is 9.80 Å². The molecule has 0 bridgehead atoms. The summed E-state index contributed by atoms with van der Waals surface area (Å²) in [4.78, 5) is 134. The van der Waals surface area contributed by atoms with Gasteiger partial charge in [-0.05, 0) is 115 Å². The lowest BCUT2D eigenvalue weighted by atomic mass is 9.87. The summed E-state index contributed by atoms with van der Waals surface area (Å²) >= 11 is 0. The lowest BCUT2D eigenvalue weighted by molar-refractivity contribution is 0.0456. The Kier molecular flexibility index (Phi) is 17.0. The van der Waals surface area contributed by atoms with Crippen molar-refractivity contribution in [1.82, 2.24) is 0 Å². The molecule has 0 unspecified atom stereocenters. The van der Waals surface area contributed by atoms with Crippen molar-refractivity contribution in [1.29, 1.82) is 0 Å². The van der Waals surface area contributed by atoms with E-state index >= 15 is 0 Å². The van der Waals surface area contributed by atoms with Crippen LogP contribution in [0.5, 0.6) is 11.5 Å². The summed E-state index contributed by atoms with van der Waals surface area (Å²) in [6.07, 6.45) is 0. The van der Waals surface area contributed by atoms with E-state index in [1.807, 2.05) is 0 Å². The monoisotopic (exact) mass is 966 g/mol. The molecule has 20 heteroatoms. The van der Waals surface area contributed by atoms with Crippen molar-refractivity contribution in [3.63, 3.8) is 0 Å². The smallest absolute Gasteiger partial charge is 0.339 e. The van der Waals surface area contributed by atoms with Crippen LogP contribution in [-0.2, 0) is 28.4 Å². The zero-order valence-electron chi connectivity index (χ0n) is 40.1. The highest BCUT2D eigenvalue weighted by molar-refractivity contribution is 6.39. The molecular weight excluding hydrogens is 917 g/mol. The third-order valence-corrected chi connectivity index (χ3v) is 10.7. The Labute approximate surface area is 401 Å². The van der Waals surface area contributed by atoms with E-state index in [4.69, 9.17) is 37.9 Å². The van der Waals surface area contributed by atoms with Gasteiger partial charge in [0.25, 0.3) is 23.6 Å². The van der Waals surface area contributed by atoms with Crippen molar-refractivity contribution < 1.29 is 85.8 Å². The maximum Gasteiger partial charge on any atom is 0.339 e. The fraction of sp³-hybridized carbons (Fsp3) is 0.320. The van der Waals surface area contributed by atoms with E-state index in [1.165, 1.54) is 52.3 Å². The molecule has 6 rings (SSSR count).